The number of aromatic amines is 1. The number of aromatic nitrogens is 3. The number of hydrogen-bond acceptors (Lipinski definition) is 3. The van der Waals surface area contributed by atoms with Gasteiger partial charge in [0.25, 0.3) is 5.56 Å². The van der Waals surface area contributed by atoms with Gasteiger partial charge in [-0.1, -0.05) is 30.3 Å². The molecule has 0 saturated carbocycles. The number of pyridine rings is 1. The molecule has 23 heavy (non-hydrogen) atoms. The first-order valence-electron chi connectivity index (χ1n) is 7.09. The SMILES string of the molecule is Cc1ccn(Cc2cc(-c3ccccc3)n[nH]2)c(=O)c1C(=O)O. The fourth-order valence-corrected chi connectivity index (χ4v) is 2.43. The number of benzene rings is 1. The van der Waals surface area contributed by atoms with Gasteiger partial charge in [-0.15, -0.1) is 0 Å². The summed E-state index contributed by atoms with van der Waals surface area (Å²) in [6.07, 6.45) is 1.59. The molecule has 0 spiro atoms. The molecule has 0 unspecified atom stereocenters. The Kier molecular flexibility index (Phi) is 3.80. The Morgan fingerprint density at radius 2 is 2.00 bits per heavy atom. The number of nitrogens with zero attached hydrogens (tertiary/aromatic N) is 2. The Balaban J connectivity index is 1.92. The molecule has 2 aromatic heterocycles. The Bertz CT molecular complexity index is 910. The normalized spacial score (nSPS) is 10.7. The zero-order valence-corrected chi connectivity index (χ0v) is 12.5. The molecule has 0 fully saturated rings. The lowest BCUT2D eigenvalue weighted by Crippen LogP contribution is -2.27. The molecule has 2 heterocycles. The number of nitrogens with one attached hydrogen (secondary N) is 1. The second-order valence-corrected chi connectivity index (χ2v) is 5.26. The highest BCUT2D eigenvalue weighted by atomic mass is 16.4. The highest BCUT2D eigenvalue weighted by molar-refractivity contribution is 5.88. The average Bonchev–Trinajstić information content (AvgIpc) is 2.99. The second kappa shape index (κ2) is 5.92. The van der Waals surface area contributed by atoms with E-state index in [2.05, 4.69) is 10.2 Å². The first-order valence-corrected chi connectivity index (χ1v) is 7.09. The molecule has 0 aliphatic rings. The minimum absolute atomic E-state index is 0.199. The van der Waals surface area contributed by atoms with Crippen LogP contribution in [0.4, 0.5) is 0 Å². The summed E-state index contributed by atoms with van der Waals surface area (Å²) in [7, 11) is 0. The monoisotopic (exact) mass is 309 g/mol. The van der Waals surface area contributed by atoms with Crippen molar-refractivity contribution in [3.63, 3.8) is 0 Å². The molecule has 3 rings (SSSR count). The molecule has 0 atom stereocenters. The number of rotatable bonds is 4. The second-order valence-electron chi connectivity index (χ2n) is 5.26. The van der Waals surface area contributed by atoms with Crippen molar-refractivity contribution in [3.05, 3.63) is 75.8 Å². The van der Waals surface area contributed by atoms with E-state index in [1.807, 2.05) is 36.4 Å². The maximum atomic E-state index is 12.3. The molecule has 0 bridgehead atoms. The largest absolute Gasteiger partial charge is 0.477 e. The van der Waals surface area contributed by atoms with E-state index in [1.54, 1.807) is 19.2 Å². The van der Waals surface area contributed by atoms with Gasteiger partial charge in [-0.3, -0.25) is 9.89 Å². The van der Waals surface area contributed by atoms with E-state index in [1.165, 1.54) is 4.57 Å². The van der Waals surface area contributed by atoms with Gasteiger partial charge >= 0.3 is 5.97 Å². The van der Waals surface area contributed by atoms with E-state index in [4.69, 9.17) is 5.11 Å². The molecular formula is C17H15N3O3. The van der Waals surface area contributed by atoms with Gasteiger partial charge in [0.2, 0.25) is 0 Å². The fraction of sp³-hybridized carbons (Fsp3) is 0.118. The third-order valence-electron chi connectivity index (χ3n) is 3.63. The van der Waals surface area contributed by atoms with Crippen LogP contribution in [0, 0.1) is 6.92 Å². The molecule has 0 aliphatic heterocycles. The van der Waals surface area contributed by atoms with Crippen LogP contribution >= 0.6 is 0 Å². The van der Waals surface area contributed by atoms with Gasteiger partial charge in [-0.25, -0.2) is 4.79 Å². The lowest BCUT2D eigenvalue weighted by atomic mass is 10.1. The lowest BCUT2D eigenvalue weighted by molar-refractivity contribution is 0.0693. The van der Waals surface area contributed by atoms with Crippen molar-refractivity contribution >= 4 is 5.97 Å². The van der Waals surface area contributed by atoms with Gasteiger partial charge in [0.15, 0.2) is 0 Å². The summed E-state index contributed by atoms with van der Waals surface area (Å²) in [5.41, 5.74) is 2.21. The summed E-state index contributed by atoms with van der Waals surface area (Å²) >= 11 is 0. The van der Waals surface area contributed by atoms with Gasteiger partial charge in [-0.2, -0.15) is 5.10 Å². The molecule has 2 N–H and O–H groups in total. The van der Waals surface area contributed by atoms with E-state index < -0.39 is 11.5 Å². The van der Waals surface area contributed by atoms with Gasteiger partial charge in [0.05, 0.1) is 17.9 Å². The highest BCUT2D eigenvalue weighted by Crippen LogP contribution is 2.17. The quantitative estimate of drug-likeness (QED) is 0.774. The standard InChI is InChI=1S/C17H15N3O3/c1-11-7-8-20(16(21)15(11)17(22)23)10-13-9-14(19-18-13)12-5-3-2-4-6-12/h2-9H,10H2,1H3,(H,18,19)(H,22,23). The number of carboxylic acids is 1. The smallest absolute Gasteiger partial charge is 0.341 e. The van der Waals surface area contributed by atoms with E-state index in [-0.39, 0.29) is 12.1 Å². The van der Waals surface area contributed by atoms with Gasteiger partial charge < -0.3 is 9.67 Å². The molecule has 0 aliphatic carbocycles. The molecule has 3 aromatic rings. The third kappa shape index (κ3) is 2.91. The molecule has 0 amide bonds. The van der Waals surface area contributed by atoms with Crippen LogP contribution in [0.5, 0.6) is 0 Å². The summed E-state index contributed by atoms with van der Waals surface area (Å²) in [5, 5.41) is 16.3. The number of hydrogen-bond donors (Lipinski definition) is 2. The van der Waals surface area contributed by atoms with Crippen molar-refractivity contribution in [2.24, 2.45) is 0 Å². The maximum absolute atomic E-state index is 12.3. The van der Waals surface area contributed by atoms with Gasteiger partial charge in [0, 0.05) is 11.8 Å². The fourth-order valence-electron chi connectivity index (χ4n) is 2.43. The number of aryl methyl sites for hydroxylation is 1. The molecule has 1 aromatic carbocycles. The molecule has 6 heteroatoms. The first kappa shape index (κ1) is 14.8. The molecule has 6 nitrogen and oxygen atoms in total. The summed E-state index contributed by atoms with van der Waals surface area (Å²) in [6.45, 7) is 1.85. The van der Waals surface area contributed by atoms with Crippen LogP contribution in [0.3, 0.4) is 0 Å². The average molecular weight is 309 g/mol. The number of carboxylic acid groups (broad SMARTS) is 1. The lowest BCUT2D eigenvalue weighted by Gasteiger charge is -2.07. The Hall–Kier alpha value is -3.15. The van der Waals surface area contributed by atoms with Gasteiger partial charge in [0.1, 0.15) is 5.56 Å². The van der Waals surface area contributed by atoms with Crippen molar-refractivity contribution in [2.45, 2.75) is 13.5 Å². The minimum Gasteiger partial charge on any atom is -0.477 e. The third-order valence-corrected chi connectivity index (χ3v) is 3.63. The molecular weight excluding hydrogens is 294 g/mol. The Morgan fingerprint density at radius 3 is 2.70 bits per heavy atom. The van der Waals surface area contributed by atoms with Crippen LogP contribution in [0.15, 0.2) is 53.5 Å². The topological polar surface area (TPSA) is 88.0 Å². The van der Waals surface area contributed by atoms with Gasteiger partial charge in [-0.05, 0) is 24.6 Å². The van der Waals surface area contributed by atoms with Crippen LogP contribution in [0.2, 0.25) is 0 Å². The van der Waals surface area contributed by atoms with Crippen molar-refractivity contribution in [1.82, 2.24) is 14.8 Å². The zero-order chi connectivity index (χ0) is 16.4. The van der Waals surface area contributed by atoms with Crippen molar-refractivity contribution < 1.29 is 9.90 Å². The summed E-state index contributed by atoms with van der Waals surface area (Å²) in [6, 6.07) is 13.1. The van der Waals surface area contributed by atoms with E-state index in [0.29, 0.717) is 5.56 Å². The molecule has 116 valence electrons. The van der Waals surface area contributed by atoms with Crippen LogP contribution in [-0.2, 0) is 6.54 Å². The molecule has 0 saturated heterocycles. The van der Waals surface area contributed by atoms with E-state index >= 15 is 0 Å². The Labute approximate surface area is 132 Å². The summed E-state index contributed by atoms with van der Waals surface area (Å²) < 4.78 is 1.36. The number of H-pyrrole nitrogens is 1. The van der Waals surface area contributed by atoms with Crippen molar-refractivity contribution in [3.8, 4) is 11.3 Å². The first-order chi connectivity index (χ1) is 11.1. The number of aromatic carboxylic acids is 1. The van der Waals surface area contributed by atoms with Crippen molar-refractivity contribution in [1.29, 1.82) is 0 Å². The number of carbonyl (C=O) groups is 1. The maximum Gasteiger partial charge on any atom is 0.341 e. The summed E-state index contributed by atoms with van der Waals surface area (Å²) in [4.78, 5) is 23.5. The van der Waals surface area contributed by atoms with Crippen LogP contribution in [0.1, 0.15) is 21.6 Å². The van der Waals surface area contributed by atoms with Crippen LogP contribution in [0.25, 0.3) is 11.3 Å². The predicted octanol–water partition coefficient (Wildman–Crippen LogP) is 2.29. The van der Waals surface area contributed by atoms with Crippen LogP contribution in [-0.4, -0.2) is 25.8 Å². The summed E-state index contributed by atoms with van der Waals surface area (Å²) in [5.74, 6) is -1.21. The van der Waals surface area contributed by atoms with E-state index in [0.717, 1.165) is 17.0 Å². The van der Waals surface area contributed by atoms with Crippen LogP contribution < -0.4 is 5.56 Å². The predicted molar refractivity (Wildman–Crippen MR) is 85.5 cm³/mol. The van der Waals surface area contributed by atoms with E-state index in [9.17, 15) is 9.59 Å². The molecule has 0 radical (unpaired) electrons. The Morgan fingerprint density at radius 1 is 1.26 bits per heavy atom. The highest BCUT2D eigenvalue weighted by Gasteiger charge is 2.15. The minimum atomic E-state index is -1.21. The van der Waals surface area contributed by atoms with Crippen molar-refractivity contribution in [2.75, 3.05) is 0 Å². The zero-order valence-electron chi connectivity index (χ0n) is 12.5.